The number of nitrogens with zero attached hydrogens (tertiary/aromatic N) is 6. The summed E-state index contributed by atoms with van der Waals surface area (Å²) in [5, 5.41) is 10.8. The maximum atomic E-state index is 13.7. The number of fused-ring (bicyclic) bond motifs is 2. The number of hydrogen-bond donors (Lipinski definition) is 2. The summed E-state index contributed by atoms with van der Waals surface area (Å²) in [5.74, 6) is 0.724. The summed E-state index contributed by atoms with van der Waals surface area (Å²) in [7, 11) is 0. The largest absolute Gasteiger partial charge is 0.406 e. The molecule has 4 aromatic heterocycles. The summed E-state index contributed by atoms with van der Waals surface area (Å²) in [6.45, 7) is 5.60. The van der Waals surface area contributed by atoms with Crippen LogP contribution in [0.1, 0.15) is 49.3 Å². The highest BCUT2D eigenvalue weighted by Crippen LogP contribution is 2.35. The van der Waals surface area contributed by atoms with Gasteiger partial charge >= 0.3 is 6.18 Å². The third-order valence-electron chi connectivity index (χ3n) is 7.42. The van der Waals surface area contributed by atoms with E-state index in [9.17, 15) is 18.0 Å². The van der Waals surface area contributed by atoms with Gasteiger partial charge in [-0.15, -0.1) is 0 Å². The van der Waals surface area contributed by atoms with Crippen LogP contribution in [0.5, 0.6) is 0 Å². The minimum atomic E-state index is -4.48. The molecule has 1 amide bonds. The van der Waals surface area contributed by atoms with E-state index in [1.54, 1.807) is 36.7 Å². The minimum absolute atomic E-state index is 0.00392. The molecule has 220 valence electrons. The normalized spacial score (nSPS) is 15.6. The number of aromatic nitrogens is 6. The first-order valence-electron chi connectivity index (χ1n) is 13.7. The van der Waals surface area contributed by atoms with Crippen LogP contribution in [0.2, 0.25) is 0 Å². The van der Waals surface area contributed by atoms with Crippen molar-refractivity contribution in [3.8, 4) is 11.5 Å². The molecule has 6 rings (SSSR count). The molecule has 0 bridgehead atoms. The maximum absolute atomic E-state index is 13.7. The molecule has 0 radical (unpaired) electrons. The second kappa shape index (κ2) is 10.4. The Kier molecular flexibility index (Phi) is 6.82. The lowest BCUT2D eigenvalue weighted by Gasteiger charge is -2.25. The number of benzene rings is 1. The molecule has 1 unspecified atom stereocenters. The zero-order valence-electron chi connectivity index (χ0n) is 23.4. The summed E-state index contributed by atoms with van der Waals surface area (Å²) in [6, 6.07) is 8.68. The molecule has 10 nitrogen and oxygen atoms in total. The fraction of sp³-hybridized carbons (Fsp3) is 0.379. The predicted molar refractivity (Wildman–Crippen MR) is 150 cm³/mol. The van der Waals surface area contributed by atoms with E-state index in [1.165, 1.54) is 0 Å². The number of aryl methyl sites for hydroxylation is 1. The van der Waals surface area contributed by atoms with Gasteiger partial charge in [-0.05, 0) is 51.5 Å². The molecule has 0 spiro atoms. The number of carbonyl (C=O) groups excluding carboxylic acids is 1. The number of imidazole rings is 1. The number of alkyl halides is 3. The number of rotatable bonds is 7. The van der Waals surface area contributed by atoms with Gasteiger partial charge in [0, 0.05) is 60.4 Å². The van der Waals surface area contributed by atoms with Gasteiger partial charge in [0.05, 0.1) is 23.3 Å². The zero-order chi connectivity index (χ0) is 29.6. The molecule has 1 atom stereocenters. The Labute approximate surface area is 239 Å². The average molecular weight is 581 g/mol. The van der Waals surface area contributed by atoms with Crippen LogP contribution in [0, 0.1) is 0 Å². The van der Waals surface area contributed by atoms with Crippen molar-refractivity contribution in [3.05, 3.63) is 72.4 Å². The van der Waals surface area contributed by atoms with Crippen LogP contribution in [0.25, 0.3) is 22.4 Å². The van der Waals surface area contributed by atoms with Gasteiger partial charge in [-0.1, -0.05) is 11.2 Å². The Morgan fingerprint density at radius 1 is 1.17 bits per heavy atom. The molecule has 1 aliphatic rings. The molecule has 2 N–H and O–H groups in total. The van der Waals surface area contributed by atoms with Crippen molar-refractivity contribution in [1.82, 2.24) is 34.1 Å². The lowest BCUT2D eigenvalue weighted by atomic mass is 10.1. The first kappa shape index (κ1) is 27.6. The van der Waals surface area contributed by atoms with Gasteiger partial charge in [0.1, 0.15) is 12.4 Å². The molecule has 0 saturated carbocycles. The van der Waals surface area contributed by atoms with Crippen molar-refractivity contribution in [3.63, 3.8) is 0 Å². The summed E-state index contributed by atoms with van der Waals surface area (Å²) in [6.07, 6.45) is 4.38. The first-order chi connectivity index (χ1) is 19.9. The third kappa shape index (κ3) is 5.63. The Morgan fingerprint density at radius 3 is 2.76 bits per heavy atom. The monoisotopic (exact) mass is 580 g/mol. The predicted octanol–water partition coefficient (Wildman–Crippen LogP) is 5.36. The van der Waals surface area contributed by atoms with E-state index in [1.807, 2.05) is 43.8 Å². The molecule has 0 saturated heterocycles. The first-order valence-corrected chi connectivity index (χ1v) is 13.7. The van der Waals surface area contributed by atoms with Gasteiger partial charge in [-0.25, -0.2) is 4.98 Å². The molecule has 13 heteroatoms. The fourth-order valence-electron chi connectivity index (χ4n) is 5.28. The highest BCUT2D eigenvalue weighted by molar-refractivity contribution is 5.96. The van der Waals surface area contributed by atoms with E-state index in [-0.39, 0.29) is 41.4 Å². The van der Waals surface area contributed by atoms with Crippen LogP contribution in [-0.2, 0) is 31.6 Å². The third-order valence-corrected chi connectivity index (χ3v) is 7.42. The smallest absolute Gasteiger partial charge is 0.381 e. The van der Waals surface area contributed by atoms with Crippen molar-refractivity contribution in [1.29, 1.82) is 0 Å². The summed E-state index contributed by atoms with van der Waals surface area (Å²) < 4.78 is 51.7. The highest BCUT2D eigenvalue weighted by atomic mass is 19.4. The standard InChI is InChI=1S/C29H31F3N8O2/c1-28(2,3)39-11-7-18(16-39)27(41)34-15-25-36-26(37-42-25)23-14-20-21(5-4-6-22(20)40(23)17-29(30,31)32)35-19-8-10-38-12-9-33-24(38)13-19/h4-7,9,11-12,14,16,19,35H,8,10,13,15,17H2,1-3H3,(H,34,41). The van der Waals surface area contributed by atoms with Crippen LogP contribution in [0.3, 0.4) is 0 Å². The Hall–Kier alpha value is -4.55. The number of hydrogen-bond acceptors (Lipinski definition) is 6. The van der Waals surface area contributed by atoms with Gasteiger partial charge in [0.15, 0.2) is 0 Å². The van der Waals surface area contributed by atoms with E-state index in [0.29, 0.717) is 22.9 Å². The Morgan fingerprint density at radius 2 is 2.00 bits per heavy atom. The topological polar surface area (TPSA) is 108 Å². The number of halogens is 3. The van der Waals surface area contributed by atoms with Gasteiger partial charge < -0.3 is 28.9 Å². The van der Waals surface area contributed by atoms with Crippen LogP contribution < -0.4 is 10.6 Å². The summed E-state index contributed by atoms with van der Waals surface area (Å²) in [4.78, 5) is 21.4. The number of amides is 1. The van der Waals surface area contributed by atoms with E-state index < -0.39 is 12.7 Å². The molecule has 5 heterocycles. The molecule has 1 aromatic carbocycles. The zero-order valence-corrected chi connectivity index (χ0v) is 23.4. The molecular weight excluding hydrogens is 549 g/mol. The molecule has 0 aliphatic carbocycles. The van der Waals surface area contributed by atoms with Crippen LogP contribution in [0.4, 0.5) is 18.9 Å². The number of nitrogens with one attached hydrogen (secondary N) is 2. The molecule has 0 fully saturated rings. The van der Waals surface area contributed by atoms with E-state index in [0.717, 1.165) is 29.0 Å². The Bertz CT molecular complexity index is 1740. The van der Waals surface area contributed by atoms with Gasteiger partial charge in [-0.2, -0.15) is 18.2 Å². The summed E-state index contributed by atoms with van der Waals surface area (Å²) >= 11 is 0. The SMILES string of the molecule is CC(C)(C)n1ccc(C(=O)NCc2nc(-c3cc4c(NC5CCn6ccnc6C5)cccc4n3CC(F)(F)F)no2)c1. The Balaban J connectivity index is 1.25. The van der Waals surface area contributed by atoms with E-state index in [2.05, 4.69) is 30.3 Å². The second-order valence-electron chi connectivity index (χ2n) is 11.5. The molecule has 5 aromatic rings. The average Bonchev–Trinajstić information content (AvgIpc) is 3.72. The van der Waals surface area contributed by atoms with Crippen LogP contribution >= 0.6 is 0 Å². The second-order valence-corrected chi connectivity index (χ2v) is 11.5. The van der Waals surface area contributed by atoms with Crippen LogP contribution in [0.15, 0.2) is 59.6 Å². The number of anilines is 1. The molecular formula is C29H31F3N8O2. The van der Waals surface area contributed by atoms with Gasteiger partial charge in [0.2, 0.25) is 11.7 Å². The summed E-state index contributed by atoms with van der Waals surface area (Å²) in [5.41, 5.74) is 1.58. The van der Waals surface area contributed by atoms with E-state index >= 15 is 0 Å². The number of carbonyl (C=O) groups is 1. The molecule has 42 heavy (non-hydrogen) atoms. The lowest BCUT2D eigenvalue weighted by Crippen LogP contribution is -2.30. The van der Waals surface area contributed by atoms with Crippen molar-refractivity contribution >= 4 is 22.5 Å². The van der Waals surface area contributed by atoms with Crippen molar-refractivity contribution in [2.24, 2.45) is 0 Å². The van der Waals surface area contributed by atoms with Crippen molar-refractivity contribution in [2.45, 2.75) is 71.0 Å². The van der Waals surface area contributed by atoms with Crippen LogP contribution in [-0.4, -0.2) is 47.0 Å². The van der Waals surface area contributed by atoms with Gasteiger partial charge in [-0.3, -0.25) is 4.79 Å². The lowest BCUT2D eigenvalue weighted by molar-refractivity contribution is -0.139. The minimum Gasteiger partial charge on any atom is -0.381 e. The van der Waals surface area contributed by atoms with Crippen molar-refractivity contribution in [2.75, 3.05) is 5.32 Å². The molecule has 1 aliphatic heterocycles. The highest BCUT2D eigenvalue weighted by Gasteiger charge is 2.31. The van der Waals surface area contributed by atoms with Crippen molar-refractivity contribution < 1.29 is 22.5 Å². The quantitative estimate of drug-likeness (QED) is 0.268. The van der Waals surface area contributed by atoms with E-state index in [4.69, 9.17) is 4.52 Å². The maximum Gasteiger partial charge on any atom is 0.406 e. The fourth-order valence-corrected chi connectivity index (χ4v) is 5.28. The van der Waals surface area contributed by atoms with Gasteiger partial charge in [0.25, 0.3) is 5.91 Å².